The fraction of sp³-hybridized carbons (Fsp3) is 0. The molecule has 2 aromatic heterocycles. The Bertz CT molecular complexity index is 1230. The van der Waals surface area contributed by atoms with Crippen molar-refractivity contribution in [2.75, 3.05) is 0 Å². The molecule has 0 bridgehead atoms. The third kappa shape index (κ3) is 2.75. The highest BCUT2D eigenvalue weighted by atomic mass is 32.1. The molecule has 0 saturated carbocycles. The molecular formula is C24H19N3S. The highest BCUT2D eigenvalue weighted by Gasteiger charge is 2.19. The van der Waals surface area contributed by atoms with Gasteiger partial charge in [-0.05, 0) is 30.5 Å². The van der Waals surface area contributed by atoms with Crippen molar-refractivity contribution in [2.24, 2.45) is 4.99 Å². The first kappa shape index (κ1) is 17.9. The monoisotopic (exact) mass is 381 g/mol. The van der Waals surface area contributed by atoms with Gasteiger partial charge < -0.3 is 4.57 Å². The Kier molecular flexibility index (Phi) is 4.63. The molecule has 3 nitrogen and oxygen atoms in total. The molecule has 4 aromatic rings. The zero-order valence-corrected chi connectivity index (χ0v) is 16.2. The lowest BCUT2D eigenvalue weighted by atomic mass is 10.0. The molecule has 2 heterocycles. The molecule has 0 aliphatic rings. The Morgan fingerprint density at radius 1 is 0.964 bits per heavy atom. The molecule has 0 amide bonds. The summed E-state index contributed by atoms with van der Waals surface area (Å²) < 4.78 is 3.01. The van der Waals surface area contributed by atoms with Crippen LogP contribution in [0.15, 0.2) is 78.9 Å². The second-order valence-corrected chi connectivity index (χ2v) is 7.31. The Balaban J connectivity index is 1.89. The van der Waals surface area contributed by atoms with Crippen LogP contribution in [0.5, 0.6) is 0 Å². The van der Waals surface area contributed by atoms with Crippen LogP contribution in [-0.4, -0.2) is 17.0 Å². The van der Waals surface area contributed by atoms with Crippen LogP contribution in [0.4, 0.5) is 5.82 Å². The number of aliphatic imine (C=N–C) groups is 1. The highest BCUT2D eigenvalue weighted by molar-refractivity contribution is 7.20. The second-order valence-electron chi connectivity index (χ2n) is 6.26. The van der Waals surface area contributed by atoms with Crippen molar-refractivity contribution in [1.29, 1.82) is 5.41 Å². The van der Waals surface area contributed by atoms with Gasteiger partial charge in [-0.2, -0.15) is 0 Å². The number of hydrogen-bond acceptors (Lipinski definition) is 3. The average Bonchev–Trinajstić information content (AvgIpc) is 3.34. The molecule has 0 radical (unpaired) electrons. The first-order chi connectivity index (χ1) is 13.7. The molecule has 0 atom stereocenters. The molecule has 0 aliphatic heterocycles. The lowest BCUT2D eigenvalue weighted by Gasteiger charge is -2.09. The van der Waals surface area contributed by atoms with Crippen molar-refractivity contribution in [1.82, 2.24) is 4.57 Å². The molecule has 28 heavy (non-hydrogen) atoms. The first-order valence-corrected chi connectivity index (χ1v) is 9.64. The molecule has 1 N–H and O–H groups in total. The van der Waals surface area contributed by atoms with Gasteiger partial charge in [0.25, 0.3) is 0 Å². The van der Waals surface area contributed by atoms with E-state index in [9.17, 15) is 0 Å². The van der Waals surface area contributed by atoms with E-state index in [4.69, 9.17) is 5.41 Å². The predicted molar refractivity (Wildman–Crippen MR) is 123 cm³/mol. The summed E-state index contributed by atoms with van der Waals surface area (Å²) in [5.41, 5.74) is 4.10. The van der Waals surface area contributed by atoms with E-state index in [2.05, 4.69) is 30.9 Å². The summed E-state index contributed by atoms with van der Waals surface area (Å²) in [6.07, 6.45) is 5.63. The van der Waals surface area contributed by atoms with Gasteiger partial charge in [-0.15, -0.1) is 11.3 Å². The summed E-state index contributed by atoms with van der Waals surface area (Å²) in [5, 5.41) is 10.0. The molecule has 0 spiro atoms. The van der Waals surface area contributed by atoms with Crippen LogP contribution < -0.4 is 0 Å². The number of rotatable bonds is 6. The Morgan fingerprint density at radius 2 is 1.75 bits per heavy atom. The minimum Gasteiger partial charge on any atom is -0.301 e. The topological polar surface area (TPSA) is 41.1 Å². The third-order valence-electron chi connectivity index (χ3n) is 4.75. The maximum absolute atomic E-state index is 8.92. The standard InChI is InChI=1S/C24H19N3S/c1-4-17-18-12-9-13-19(23(18)28-21(17)5-2)22(25)20-14-15-27(24(20)26-3)16-10-7-6-8-11-16/h4-15,25H,1-3H2. The smallest absolute Gasteiger partial charge is 0.145 e. The Morgan fingerprint density at radius 3 is 2.43 bits per heavy atom. The number of thiophene rings is 1. The van der Waals surface area contributed by atoms with Crippen LogP contribution in [0.2, 0.25) is 0 Å². The quantitative estimate of drug-likeness (QED) is 0.360. The van der Waals surface area contributed by atoms with Gasteiger partial charge in [-0.25, -0.2) is 4.99 Å². The molecule has 0 saturated heterocycles. The van der Waals surface area contributed by atoms with E-state index in [0.717, 1.165) is 37.3 Å². The molecular weight excluding hydrogens is 362 g/mol. The van der Waals surface area contributed by atoms with Gasteiger partial charge in [0.1, 0.15) is 5.82 Å². The fourth-order valence-electron chi connectivity index (χ4n) is 3.44. The van der Waals surface area contributed by atoms with Crippen LogP contribution in [0.1, 0.15) is 21.6 Å². The van der Waals surface area contributed by atoms with Crippen molar-refractivity contribution in [3.8, 4) is 5.69 Å². The van der Waals surface area contributed by atoms with Crippen molar-refractivity contribution in [3.05, 3.63) is 95.5 Å². The molecule has 4 rings (SSSR count). The van der Waals surface area contributed by atoms with Crippen LogP contribution >= 0.6 is 11.3 Å². The zero-order valence-electron chi connectivity index (χ0n) is 15.4. The van der Waals surface area contributed by atoms with E-state index in [1.165, 1.54) is 0 Å². The highest BCUT2D eigenvalue weighted by Crippen LogP contribution is 2.37. The Hall–Kier alpha value is -3.50. The summed E-state index contributed by atoms with van der Waals surface area (Å²) in [7, 11) is 0. The van der Waals surface area contributed by atoms with Crippen molar-refractivity contribution in [2.45, 2.75) is 0 Å². The molecule has 136 valence electrons. The zero-order chi connectivity index (χ0) is 19.7. The SMILES string of the molecule is C=Cc1sc2c(C(=N)c3ccn(-c4ccccc4)c3N=C)cccc2c1C=C. The lowest BCUT2D eigenvalue weighted by Crippen LogP contribution is -2.01. The third-order valence-corrected chi connectivity index (χ3v) is 6.00. The van der Waals surface area contributed by atoms with E-state index in [1.54, 1.807) is 11.3 Å². The maximum atomic E-state index is 8.92. The number of nitrogens with one attached hydrogen (secondary N) is 1. The summed E-state index contributed by atoms with van der Waals surface area (Å²) in [5.74, 6) is 0.664. The van der Waals surface area contributed by atoms with E-state index in [1.807, 2.05) is 71.4 Å². The lowest BCUT2D eigenvalue weighted by molar-refractivity contribution is 1.07. The minimum atomic E-state index is 0.426. The van der Waals surface area contributed by atoms with Gasteiger partial charge in [-0.1, -0.05) is 61.7 Å². The van der Waals surface area contributed by atoms with Crippen LogP contribution in [0, 0.1) is 5.41 Å². The van der Waals surface area contributed by atoms with Crippen LogP contribution in [0.3, 0.4) is 0 Å². The molecule has 0 unspecified atom stereocenters. The largest absolute Gasteiger partial charge is 0.301 e. The molecule has 4 heteroatoms. The molecule has 0 aliphatic carbocycles. The number of para-hydroxylation sites is 1. The summed E-state index contributed by atoms with van der Waals surface area (Å²) in [6, 6.07) is 17.9. The fourth-order valence-corrected chi connectivity index (χ4v) is 4.61. The molecule has 2 aromatic carbocycles. The van der Waals surface area contributed by atoms with E-state index >= 15 is 0 Å². The van der Waals surface area contributed by atoms with Gasteiger partial charge in [-0.3, -0.25) is 5.41 Å². The first-order valence-electron chi connectivity index (χ1n) is 8.82. The predicted octanol–water partition coefficient (Wildman–Crippen LogP) is 6.73. The van der Waals surface area contributed by atoms with E-state index < -0.39 is 0 Å². The summed E-state index contributed by atoms with van der Waals surface area (Å²) in [4.78, 5) is 5.30. The number of hydrogen-bond donors (Lipinski definition) is 1. The Labute approximate surface area is 168 Å². The van der Waals surface area contributed by atoms with Crippen molar-refractivity contribution >= 4 is 51.8 Å². The summed E-state index contributed by atoms with van der Waals surface area (Å²) in [6.45, 7) is 11.6. The molecule has 0 fully saturated rings. The van der Waals surface area contributed by atoms with Gasteiger partial charge >= 0.3 is 0 Å². The minimum absolute atomic E-state index is 0.426. The van der Waals surface area contributed by atoms with E-state index in [0.29, 0.717) is 11.5 Å². The summed E-state index contributed by atoms with van der Waals surface area (Å²) >= 11 is 1.63. The van der Waals surface area contributed by atoms with Crippen molar-refractivity contribution in [3.63, 3.8) is 0 Å². The maximum Gasteiger partial charge on any atom is 0.145 e. The number of benzene rings is 2. The van der Waals surface area contributed by atoms with Gasteiger partial charge in [0.2, 0.25) is 0 Å². The number of fused-ring (bicyclic) bond motifs is 1. The normalized spacial score (nSPS) is 10.7. The van der Waals surface area contributed by atoms with E-state index in [-0.39, 0.29) is 0 Å². The van der Waals surface area contributed by atoms with Crippen LogP contribution in [0.25, 0.3) is 27.9 Å². The van der Waals surface area contributed by atoms with Gasteiger partial charge in [0.05, 0.1) is 5.71 Å². The number of aromatic nitrogens is 1. The second kappa shape index (κ2) is 7.25. The van der Waals surface area contributed by atoms with Crippen LogP contribution in [-0.2, 0) is 0 Å². The van der Waals surface area contributed by atoms with Crippen molar-refractivity contribution < 1.29 is 0 Å². The number of nitrogens with zero attached hydrogens (tertiary/aromatic N) is 2. The average molecular weight is 382 g/mol. The van der Waals surface area contributed by atoms with Gasteiger partial charge in [0, 0.05) is 38.0 Å². The van der Waals surface area contributed by atoms with Gasteiger partial charge in [0.15, 0.2) is 0 Å².